The minimum atomic E-state index is 0.845. The zero-order chi connectivity index (χ0) is 16.9. The lowest BCUT2D eigenvalue weighted by Gasteiger charge is -2.15. The SMILES string of the molecule is c1ccc(CCNc2nc(CN3CCCC3)nc3ccccc23)cc1. The van der Waals surface area contributed by atoms with Crippen LogP contribution < -0.4 is 5.32 Å². The fourth-order valence-corrected chi connectivity index (χ4v) is 3.44. The molecule has 128 valence electrons. The second kappa shape index (κ2) is 7.62. The van der Waals surface area contributed by atoms with Gasteiger partial charge in [-0.25, -0.2) is 9.97 Å². The van der Waals surface area contributed by atoms with E-state index in [0.717, 1.165) is 55.1 Å². The van der Waals surface area contributed by atoms with E-state index in [-0.39, 0.29) is 0 Å². The minimum Gasteiger partial charge on any atom is -0.369 e. The molecule has 1 saturated heterocycles. The highest BCUT2D eigenvalue weighted by molar-refractivity contribution is 5.88. The molecular weight excluding hydrogens is 308 g/mol. The third-order valence-electron chi connectivity index (χ3n) is 4.76. The summed E-state index contributed by atoms with van der Waals surface area (Å²) in [7, 11) is 0. The van der Waals surface area contributed by atoms with Gasteiger partial charge >= 0.3 is 0 Å². The van der Waals surface area contributed by atoms with Gasteiger partial charge in [0.1, 0.15) is 11.6 Å². The molecule has 0 aliphatic carbocycles. The summed E-state index contributed by atoms with van der Waals surface area (Å²) in [6, 6.07) is 18.8. The van der Waals surface area contributed by atoms with E-state index in [9.17, 15) is 0 Å². The van der Waals surface area contributed by atoms with Crippen molar-refractivity contribution in [3.05, 3.63) is 66.0 Å². The summed E-state index contributed by atoms with van der Waals surface area (Å²) >= 11 is 0. The molecule has 4 heteroatoms. The van der Waals surface area contributed by atoms with Crippen LogP contribution in [0.15, 0.2) is 54.6 Å². The molecule has 25 heavy (non-hydrogen) atoms. The monoisotopic (exact) mass is 332 g/mol. The fourth-order valence-electron chi connectivity index (χ4n) is 3.44. The maximum absolute atomic E-state index is 4.83. The van der Waals surface area contributed by atoms with Gasteiger partial charge < -0.3 is 5.32 Å². The van der Waals surface area contributed by atoms with Crippen LogP contribution in [0.25, 0.3) is 10.9 Å². The third-order valence-corrected chi connectivity index (χ3v) is 4.76. The lowest BCUT2D eigenvalue weighted by molar-refractivity contribution is 0.323. The van der Waals surface area contributed by atoms with Crippen LogP contribution in [0.3, 0.4) is 0 Å². The molecule has 0 atom stereocenters. The molecule has 1 fully saturated rings. The number of hydrogen-bond acceptors (Lipinski definition) is 4. The van der Waals surface area contributed by atoms with Gasteiger partial charge in [0, 0.05) is 11.9 Å². The first-order valence-corrected chi connectivity index (χ1v) is 9.14. The first kappa shape index (κ1) is 16.0. The van der Waals surface area contributed by atoms with Gasteiger partial charge in [-0.3, -0.25) is 4.90 Å². The molecule has 1 N–H and O–H groups in total. The molecule has 2 aromatic carbocycles. The summed E-state index contributed by atoms with van der Waals surface area (Å²) < 4.78 is 0. The molecule has 0 saturated carbocycles. The summed E-state index contributed by atoms with van der Waals surface area (Å²) in [6.45, 7) is 4.03. The Balaban J connectivity index is 1.53. The zero-order valence-electron chi connectivity index (χ0n) is 14.5. The zero-order valence-corrected chi connectivity index (χ0v) is 14.5. The average Bonchev–Trinajstić information content (AvgIpc) is 3.15. The summed E-state index contributed by atoms with van der Waals surface area (Å²) in [4.78, 5) is 12.0. The van der Waals surface area contributed by atoms with E-state index in [2.05, 4.69) is 52.7 Å². The first-order chi connectivity index (χ1) is 12.4. The van der Waals surface area contributed by atoms with Crippen molar-refractivity contribution in [3.63, 3.8) is 0 Å². The Kier molecular flexibility index (Phi) is 4.89. The number of fused-ring (bicyclic) bond motifs is 1. The predicted molar refractivity (Wildman–Crippen MR) is 103 cm³/mol. The van der Waals surface area contributed by atoms with Gasteiger partial charge in [0.2, 0.25) is 0 Å². The molecule has 1 aliphatic heterocycles. The van der Waals surface area contributed by atoms with Crippen molar-refractivity contribution < 1.29 is 0 Å². The molecule has 0 radical (unpaired) electrons. The largest absolute Gasteiger partial charge is 0.369 e. The van der Waals surface area contributed by atoms with Crippen LogP contribution in [-0.4, -0.2) is 34.5 Å². The summed E-state index contributed by atoms with van der Waals surface area (Å²) in [5, 5.41) is 4.63. The van der Waals surface area contributed by atoms with Gasteiger partial charge in [-0.2, -0.15) is 0 Å². The van der Waals surface area contributed by atoms with Gasteiger partial charge in [0.05, 0.1) is 12.1 Å². The van der Waals surface area contributed by atoms with Crippen LogP contribution in [0.4, 0.5) is 5.82 Å². The highest BCUT2D eigenvalue weighted by Gasteiger charge is 2.15. The molecule has 0 spiro atoms. The highest BCUT2D eigenvalue weighted by atomic mass is 15.2. The normalized spacial score (nSPS) is 14.9. The molecule has 2 heterocycles. The van der Waals surface area contributed by atoms with Gasteiger partial charge in [-0.05, 0) is 50.0 Å². The van der Waals surface area contributed by atoms with Gasteiger partial charge in [0.15, 0.2) is 0 Å². The molecule has 0 amide bonds. The molecular formula is C21H24N4. The summed E-state index contributed by atoms with van der Waals surface area (Å²) in [6.07, 6.45) is 3.56. The third kappa shape index (κ3) is 3.97. The Morgan fingerprint density at radius 3 is 2.48 bits per heavy atom. The lowest BCUT2D eigenvalue weighted by Crippen LogP contribution is -2.20. The van der Waals surface area contributed by atoms with Crippen molar-refractivity contribution in [2.45, 2.75) is 25.8 Å². The standard InChI is InChI=1S/C21H24N4/c1-2-8-17(9-3-1)12-13-22-21-18-10-4-5-11-19(18)23-20(24-21)16-25-14-6-7-15-25/h1-5,8-11H,6-7,12-16H2,(H,22,23,24). The van der Waals surface area contributed by atoms with E-state index in [4.69, 9.17) is 9.97 Å². The van der Waals surface area contributed by atoms with E-state index >= 15 is 0 Å². The van der Waals surface area contributed by atoms with Crippen molar-refractivity contribution in [2.75, 3.05) is 25.0 Å². The van der Waals surface area contributed by atoms with Crippen LogP contribution in [0.1, 0.15) is 24.2 Å². The van der Waals surface area contributed by atoms with Crippen LogP contribution in [0.2, 0.25) is 0 Å². The van der Waals surface area contributed by atoms with Gasteiger partial charge in [-0.1, -0.05) is 42.5 Å². The van der Waals surface area contributed by atoms with Crippen molar-refractivity contribution in [1.82, 2.24) is 14.9 Å². The van der Waals surface area contributed by atoms with E-state index in [1.807, 2.05) is 12.1 Å². The van der Waals surface area contributed by atoms with Crippen molar-refractivity contribution in [3.8, 4) is 0 Å². The number of rotatable bonds is 6. The van der Waals surface area contributed by atoms with E-state index in [0.29, 0.717) is 0 Å². The fraction of sp³-hybridized carbons (Fsp3) is 0.333. The van der Waals surface area contributed by atoms with Crippen LogP contribution >= 0.6 is 0 Å². The van der Waals surface area contributed by atoms with Crippen LogP contribution in [0.5, 0.6) is 0 Å². The molecule has 0 bridgehead atoms. The molecule has 0 unspecified atom stereocenters. The van der Waals surface area contributed by atoms with E-state index < -0.39 is 0 Å². The Hall–Kier alpha value is -2.46. The number of nitrogens with one attached hydrogen (secondary N) is 1. The molecule has 4 nitrogen and oxygen atoms in total. The maximum atomic E-state index is 4.83. The van der Waals surface area contributed by atoms with Crippen molar-refractivity contribution >= 4 is 16.7 Å². The Labute approximate surface area is 148 Å². The number of aromatic nitrogens is 2. The van der Waals surface area contributed by atoms with Crippen LogP contribution in [-0.2, 0) is 13.0 Å². The predicted octanol–water partition coefficient (Wildman–Crippen LogP) is 3.88. The molecule has 4 rings (SSSR count). The second-order valence-electron chi connectivity index (χ2n) is 6.65. The summed E-state index contributed by atoms with van der Waals surface area (Å²) in [5.74, 6) is 1.87. The molecule has 1 aromatic heterocycles. The maximum Gasteiger partial charge on any atom is 0.145 e. The highest BCUT2D eigenvalue weighted by Crippen LogP contribution is 2.21. The number of anilines is 1. The first-order valence-electron chi connectivity index (χ1n) is 9.14. The quantitative estimate of drug-likeness (QED) is 0.744. The number of nitrogens with zero attached hydrogens (tertiary/aromatic N) is 3. The molecule has 3 aromatic rings. The number of likely N-dealkylation sites (tertiary alicyclic amines) is 1. The van der Waals surface area contributed by atoms with Crippen LogP contribution in [0, 0.1) is 0 Å². The Bertz CT molecular complexity index is 826. The Morgan fingerprint density at radius 1 is 0.880 bits per heavy atom. The average molecular weight is 332 g/mol. The van der Waals surface area contributed by atoms with Crippen molar-refractivity contribution in [2.24, 2.45) is 0 Å². The molecule has 1 aliphatic rings. The van der Waals surface area contributed by atoms with Gasteiger partial charge in [-0.15, -0.1) is 0 Å². The number of hydrogen-bond donors (Lipinski definition) is 1. The van der Waals surface area contributed by atoms with E-state index in [1.54, 1.807) is 0 Å². The summed E-state index contributed by atoms with van der Waals surface area (Å²) in [5.41, 5.74) is 2.36. The topological polar surface area (TPSA) is 41.1 Å². The Morgan fingerprint density at radius 2 is 1.64 bits per heavy atom. The second-order valence-corrected chi connectivity index (χ2v) is 6.65. The smallest absolute Gasteiger partial charge is 0.145 e. The lowest BCUT2D eigenvalue weighted by atomic mass is 10.1. The number of para-hydroxylation sites is 1. The minimum absolute atomic E-state index is 0.845. The van der Waals surface area contributed by atoms with E-state index in [1.165, 1.54) is 18.4 Å². The number of benzene rings is 2. The van der Waals surface area contributed by atoms with Gasteiger partial charge in [0.25, 0.3) is 0 Å². The van der Waals surface area contributed by atoms with Crippen molar-refractivity contribution in [1.29, 1.82) is 0 Å².